The Kier molecular flexibility index (Phi) is 4.40. The van der Waals surface area contributed by atoms with E-state index in [1.54, 1.807) is 23.1 Å². The molecule has 7 heteroatoms. The van der Waals surface area contributed by atoms with Gasteiger partial charge in [-0.2, -0.15) is 0 Å². The second-order valence-electron chi connectivity index (χ2n) is 6.60. The molecule has 0 saturated carbocycles. The van der Waals surface area contributed by atoms with Gasteiger partial charge in [0.15, 0.2) is 0 Å². The van der Waals surface area contributed by atoms with Gasteiger partial charge in [-0.1, -0.05) is 29.8 Å². The predicted molar refractivity (Wildman–Crippen MR) is 104 cm³/mol. The Morgan fingerprint density at radius 3 is 2.62 bits per heavy atom. The van der Waals surface area contributed by atoms with Crippen LogP contribution in [0.3, 0.4) is 0 Å². The van der Waals surface area contributed by atoms with Crippen LogP contribution in [0.4, 0.5) is 11.4 Å². The van der Waals surface area contributed by atoms with E-state index in [4.69, 9.17) is 11.6 Å². The highest BCUT2D eigenvalue weighted by Gasteiger charge is 2.30. The Morgan fingerprint density at radius 1 is 1.00 bits per heavy atom. The number of benzene rings is 2. The van der Waals surface area contributed by atoms with Crippen LogP contribution in [-0.2, 0) is 16.4 Å². The molecule has 4 rings (SSSR count). The van der Waals surface area contributed by atoms with Crippen molar-refractivity contribution < 1.29 is 13.2 Å². The van der Waals surface area contributed by atoms with Gasteiger partial charge in [0.25, 0.3) is 5.91 Å². The smallest absolute Gasteiger partial charge is 0.258 e. The normalized spacial score (nSPS) is 18.7. The lowest BCUT2D eigenvalue weighted by Gasteiger charge is -2.29. The summed E-state index contributed by atoms with van der Waals surface area (Å²) in [6, 6.07) is 12.7. The fourth-order valence-corrected chi connectivity index (χ4v) is 5.52. The van der Waals surface area contributed by atoms with Crippen molar-refractivity contribution in [2.24, 2.45) is 0 Å². The highest BCUT2D eigenvalue weighted by molar-refractivity contribution is 7.92. The van der Waals surface area contributed by atoms with Crippen LogP contribution in [0.1, 0.15) is 28.8 Å². The molecule has 5 nitrogen and oxygen atoms in total. The van der Waals surface area contributed by atoms with E-state index >= 15 is 0 Å². The molecular weight excluding hydrogens is 372 g/mol. The maximum Gasteiger partial charge on any atom is 0.258 e. The maximum absolute atomic E-state index is 13.0. The van der Waals surface area contributed by atoms with Crippen molar-refractivity contribution in [2.75, 3.05) is 28.0 Å². The van der Waals surface area contributed by atoms with Crippen molar-refractivity contribution in [1.82, 2.24) is 0 Å². The van der Waals surface area contributed by atoms with E-state index < -0.39 is 10.0 Å². The van der Waals surface area contributed by atoms with Crippen LogP contribution in [0.15, 0.2) is 42.5 Å². The van der Waals surface area contributed by atoms with E-state index in [0.717, 1.165) is 24.1 Å². The molecule has 1 amide bonds. The number of hydrogen-bond acceptors (Lipinski definition) is 3. The first-order valence-electron chi connectivity index (χ1n) is 8.67. The van der Waals surface area contributed by atoms with Gasteiger partial charge in [-0.3, -0.25) is 9.10 Å². The number of carbonyl (C=O) groups is 1. The van der Waals surface area contributed by atoms with Gasteiger partial charge < -0.3 is 4.90 Å². The molecule has 26 heavy (non-hydrogen) atoms. The Bertz CT molecular complexity index is 974. The highest BCUT2D eigenvalue weighted by Crippen LogP contribution is 2.34. The van der Waals surface area contributed by atoms with E-state index in [1.807, 2.05) is 24.3 Å². The van der Waals surface area contributed by atoms with Crippen LogP contribution >= 0.6 is 11.6 Å². The molecule has 1 fully saturated rings. The number of para-hydroxylation sites is 1. The Hall–Kier alpha value is -2.05. The molecular formula is C19H19ClN2O3S. The summed E-state index contributed by atoms with van der Waals surface area (Å²) >= 11 is 6.27. The molecule has 2 aliphatic heterocycles. The summed E-state index contributed by atoms with van der Waals surface area (Å²) in [7, 11) is -3.39. The van der Waals surface area contributed by atoms with Crippen LogP contribution in [0.5, 0.6) is 0 Å². The zero-order valence-corrected chi connectivity index (χ0v) is 15.8. The molecule has 0 unspecified atom stereocenters. The molecule has 0 aliphatic carbocycles. The second-order valence-corrected chi connectivity index (χ2v) is 9.02. The molecule has 0 atom stereocenters. The van der Waals surface area contributed by atoms with Crippen molar-refractivity contribution in [3.8, 4) is 0 Å². The van der Waals surface area contributed by atoms with Crippen molar-refractivity contribution in [1.29, 1.82) is 0 Å². The summed E-state index contributed by atoms with van der Waals surface area (Å²) < 4.78 is 26.2. The van der Waals surface area contributed by atoms with E-state index in [2.05, 4.69) is 0 Å². The van der Waals surface area contributed by atoms with Crippen molar-refractivity contribution in [3.63, 3.8) is 0 Å². The third-order valence-electron chi connectivity index (χ3n) is 4.94. The zero-order valence-electron chi connectivity index (χ0n) is 14.2. The van der Waals surface area contributed by atoms with Gasteiger partial charge in [0, 0.05) is 24.3 Å². The van der Waals surface area contributed by atoms with E-state index in [-0.39, 0.29) is 11.7 Å². The lowest BCUT2D eigenvalue weighted by molar-refractivity contribution is 0.0989. The zero-order chi connectivity index (χ0) is 18.3. The number of hydrogen-bond donors (Lipinski definition) is 0. The fraction of sp³-hybridized carbons (Fsp3) is 0.316. The van der Waals surface area contributed by atoms with Crippen LogP contribution in [0.25, 0.3) is 0 Å². The summed E-state index contributed by atoms with van der Waals surface area (Å²) in [5, 5.41) is 0.342. The minimum absolute atomic E-state index is 0.112. The third-order valence-corrected chi connectivity index (χ3v) is 7.12. The summed E-state index contributed by atoms with van der Waals surface area (Å²) in [6.07, 6.45) is 2.26. The van der Waals surface area contributed by atoms with Gasteiger partial charge in [-0.25, -0.2) is 8.42 Å². The average molecular weight is 391 g/mol. The number of rotatable bonds is 2. The third kappa shape index (κ3) is 2.97. The van der Waals surface area contributed by atoms with Crippen LogP contribution in [0, 0.1) is 0 Å². The molecule has 0 aromatic heterocycles. The lowest BCUT2D eigenvalue weighted by atomic mass is 10.1. The van der Waals surface area contributed by atoms with Gasteiger partial charge >= 0.3 is 0 Å². The Labute approximate surface area is 158 Å². The summed E-state index contributed by atoms with van der Waals surface area (Å²) in [4.78, 5) is 14.8. The molecule has 136 valence electrons. The molecule has 2 heterocycles. The Morgan fingerprint density at radius 2 is 1.81 bits per heavy atom. The summed E-state index contributed by atoms with van der Waals surface area (Å²) in [6.45, 7) is 1.02. The first-order valence-corrected chi connectivity index (χ1v) is 10.7. The number of halogens is 1. The molecule has 0 N–H and O–H groups in total. The van der Waals surface area contributed by atoms with E-state index in [0.29, 0.717) is 35.8 Å². The van der Waals surface area contributed by atoms with Crippen molar-refractivity contribution in [3.05, 3.63) is 58.6 Å². The monoisotopic (exact) mass is 390 g/mol. The van der Waals surface area contributed by atoms with Crippen LogP contribution < -0.4 is 9.21 Å². The minimum Gasteiger partial charge on any atom is -0.308 e. The summed E-state index contributed by atoms with van der Waals surface area (Å²) in [5.74, 6) is -0.0247. The first kappa shape index (κ1) is 17.4. The molecule has 1 saturated heterocycles. The van der Waals surface area contributed by atoms with Crippen LogP contribution in [0.2, 0.25) is 5.02 Å². The standard InChI is InChI=1S/C19H19ClN2O3S/c20-16-8-7-15(13-18(16)22-10-3-4-12-26(22,24)25)19(23)21-11-9-14-5-1-2-6-17(14)21/h1-2,5-8,13H,3-4,9-12H2. The highest BCUT2D eigenvalue weighted by atomic mass is 35.5. The molecule has 2 aliphatic rings. The maximum atomic E-state index is 13.0. The fourth-order valence-electron chi connectivity index (χ4n) is 3.60. The van der Waals surface area contributed by atoms with Gasteiger partial charge in [-0.05, 0) is 49.1 Å². The molecule has 0 radical (unpaired) electrons. The SMILES string of the molecule is O=C(c1ccc(Cl)c(N2CCCCS2(=O)=O)c1)N1CCc2ccccc21. The molecule has 2 aromatic carbocycles. The molecule has 2 aromatic rings. The Balaban J connectivity index is 1.70. The van der Waals surface area contributed by atoms with Gasteiger partial charge in [0.2, 0.25) is 10.0 Å². The number of fused-ring (bicyclic) bond motifs is 1. The topological polar surface area (TPSA) is 57.7 Å². The number of anilines is 2. The molecule has 0 bridgehead atoms. The van der Waals surface area contributed by atoms with Gasteiger partial charge in [-0.15, -0.1) is 0 Å². The van der Waals surface area contributed by atoms with Crippen molar-refractivity contribution >= 4 is 38.9 Å². The largest absolute Gasteiger partial charge is 0.308 e. The summed E-state index contributed by atoms with van der Waals surface area (Å²) in [5.41, 5.74) is 2.90. The van der Waals surface area contributed by atoms with Crippen molar-refractivity contribution in [2.45, 2.75) is 19.3 Å². The number of carbonyl (C=O) groups excluding carboxylic acids is 1. The second kappa shape index (κ2) is 6.59. The average Bonchev–Trinajstić information content (AvgIpc) is 3.06. The lowest BCUT2D eigenvalue weighted by Crippen LogP contribution is -2.38. The number of sulfonamides is 1. The quantitative estimate of drug-likeness (QED) is 0.788. The van der Waals surface area contributed by atoms with E-state index in [1.165, 1.54) is 4.31 Å². The number of nitrogens with zero attached hydrogens (tertiary/aromatic N) is 2. The number of amides is 1. The van der Waals surface area contributed by atoms with E-state index in [9.17, 15) is 13.2 Å². The molecule has 0 spiro atoms. The van der Waals surface area contributed by atoms with Gasteiger partial charge in [0.1, 0.15) is 0 Å². The first-order chi connectivity index (χ1) is 12.5. The minimum atomic E-state index is -3.39. The van der Waals surface area contributed by atoms with Gasteiger partial charge in [0.05, 0.1) is 16.5 Å². The predicted octanol–water partition coefficient (Wildman–Crippen LogP) is 3.47. The van der Waals surface area contributed by atoms with Crippen LogP contribution in [-0.4, -0.2) is 33.2 Å².